The highest BCUT2D eigenvalue weighted by Crippen LogP contribution is 2.28. The summed E-state index contributed by atoms with van der Waals surface area (Å²) in [7, 11) is 0. The molecule has 0 bridgehead atoms. The molecule has 0 amide bonds. The summed E-state index contributed by atoms with van der Waals surface area (Å²) in [5, 5.41) is 9.21. The quantitative estimate of drug-likeness (QED) is 0.825. The Kier molecular flexibility index (Phi) is 3.51. The lowest BCUT2D eigenvalue weighted by Crippen LogP contribution is -2.18. The lowest BCUT2D eigenvalue weighted by Gasteiger charge is -2.19. The second kappa shape index (κ2) is 4.47. The zero-order valence-electron chi connectivity index (χ0n) is 9.74. The summed E-state index contributed by atoms with van der Waals surface area (Å²) >= 11 is 0. The molecule has 0 saturated heterocycles. The predicted octanol–water partition coefficient (Wildman–Crippen LogP) is 3.13. The number of hydrogen-bond donors (Lipinski definition) is 1. The number of carboxylic acid groups (broad SMARTS) is 1. The second-order valence-electron chi connectivity index (χ2n) is 4.35. The van der Waals surface area contributed by atoms with Crippen LogP contribution < -0.4 is 0 Å². The molecule has 2 heteroatoms. The number of carbonyl (C=O) groups is 1. The fraction of sp³-hybridized carbons (Fsp3) is 0.462. The Bertz CT molecular complexity index is 367. The molecule has 0 spiro atoms. The van der Waals surface area contributed by atoms with Crippen molar-refractivity contribution in [1.29, 1.82) is 0 Å². The number of hydrogen-bond acceptors (Lipinski definition) is 1. The number of carboxylic acids is 1. The van der Waals surface area contributed by atoms with Gasteiger partial charge < -0.3 is 5.11 Å². The number of aliphatic carboxylic acids is 1. The zero-order valence-corrected chi connectivity index (χ0v) is 9.74. The molecule has 1 aromatic carbocycles. The number of aryl methyl sites for hydroxylation is 1. The van der Waals surface area contributed by atoms with Gasteiger partial charge in [-0.15, -0.1) is 0 Å². The Balaban J connectivity index is 3.23. The van der Waals surface area contributed by atoms with Gasteiger partial charge in [0.2, 0.25) is 0 Å². The third kappa shape index (κ3) is 2.38. The van der Waals surface area contributed by atoms with Gasteiger partial charge in [-0.2, -0.15) is 0 Å². The van der Waals surface area contributed by atoms with Crippen molar-refractivity contribution >= 4 is 5.97 Å². The third-order valence-electron chi connectivity index (χ3n) is 2.91. The van der Waals surface area contributed by atoms with Crippen LogP contribution in [0.1, 0.15) is 36.5 Å². The highest BCUT2D eigenvalue weighted by atomic mass is 16.4. The molecule has 1 atom stereocenters. The smallest absolute Gasteiger partial charge is 0.311 e. The van der Waals surface area contributed by atoms with Gasteiger partial charge in [0.05, 0.1) is 5.92 Å². The van der Waals surface area contributed by atoms with Crippen LogP contribution in [0.4, 0.5) is 0 Å². The molecule has 0 aliphatic rings. The van der Waals surface area contributed by atoms with Gasteiger partial charge in [0.1, 0.15) is 0 Å². The van der Waals surface area contributed by atoms with E-state index < -0.39 is 11.9 Å². The zero-order chi connectivity index (χ0) is 11.6. The van der Waals surface area contributed by atoms with Crippen LogP contribution in [0, 0.1) is 19.8 Å². The first-order valence-electron chi connectivity index (χ1n) is 5.24. The van der Waals surface area contributed by atoms with Crippen LogP contribution in [-0.4, -0.2) is 11.1 Å². The Hall–Kier alpha value is -1.31. The molecule has 1 rings (SSSR count). The molecule has 0 aliphatic carbocycles. The van der Waals surface area contributed by atoms with Gasteiger partial charge in [-0.1, -0.05) is 32.0 Å². The molecule has 2 nitrogen and oxygen atoms in total. The summed E-state index contributed by atoms with van der Waals surface area (Å²) < 4.78 is 0. The normalized spacial score (nSPS) is 12.9. The Labute approximate surface area is 90.9 Å². The Morgan fingerprint density at radius 3 is 2.33 bits per heavy atom. The van der Waals surface area contributed by atoms with Crippen molar-refractivity contribution in [3.8, 4) is 0 Å². The van der Waals surface area contributed by atoms with Crippen LogP contribution in [-0.2, 0) is 4.79 Å². The Morgan fingerprint density at radius 1 is 1.27 bits per heavy atom. The maximum atomic E-state index is 11.2. The van der Waals surface area contributed by atoms with Crippen molar-refractivity contribution in [2.45, 2.75) is 33.6 Å². The van der Waals surface area contributed by atoms with E-state index in [0.29, 0.717) is 0 Å². The predicted molar refractivity (Wildman–Crippen MR) is 61.1 cm³/mol. The van der Waals surface area contributed by atoms with E-state index in [2.05, 4.69) is 0 Å². The van der Waals surface area contributed by atoms with E-state index >= 15 is 0 Å². The van der Waals surface area contributed by atoms with Crippen molar-refractivity contribution in [2.24, 2.45) is 5.92 Å². The van der Waals surface area contributed by atoms with Crippen LogP contribution in [0.2, 0.25) is 0 Å². The topological polar surface area (TPSA) is 37.3 Å². The van der Waals surface area contributed by atoms with E-state index in [4.69, 9.17) is 0 Å². The summed E-state index contributed by atoms with van der Waals surface area (Å²) in [5.41, 5.74) is 3.19. The summed E-state index contributed by atoms with van der Waals surface area (Å²) in [4.78, 5) is 11.2. The molecule has 0 fully saturated rings. The summed E-state index contributed by atoms with van der Waals surface area (Å²) in [6, 6.07) is 5.86. The number of benzene rings is 1. The third-order valence-corrected chi connectivity index (χ3v) is 2.91. The molecule has 0 aromatic heterocycles. The van der Waals surface area contributed by atoms with Gasteiger partial charge in [-0.3, -0.25) is 4.79 Å². The van der Waals surface area contributed by atoms with Crippen LogP contribution in [0.25, 0.3) is 0 Å². The minimum absolute atomic E-state index is 0.114. The SMILES string of the molecule is Cc1cccc(C(C(=O)O)C(C)C)c1C. The van der Waals surface area contributed by atoms with E-state index in [-0.39, 0.29) is 5.92 Å². The van der Waals surface area contributed by atoms with Crippen LogP contribution in [0.15, 0.2) is 18.2 Å². The van der Waals surface area contributed by atoms with Crippen LogP contribution in [0.3, 0.4) is 0 Å². The van der Waals surface area contributed by atoms with Gasteiger partial charge in [0, 0.05) is 0 Å². The van der Waals surface area contributed by atoms with E-state index in [1.165, 1.54) is 0 Å². The van der Waals surface area contributed by atoms with Gasteiger partial charge in [0.15, 0.2) is 0 Å². The summed E-state index contributed by atoms with van der Waals surface area (Å²) in [6.07, 6.45) is 0. The largest absolute Gasteiger partial charge is 0.481 e. The molecule has 0 heterocycles. The highest BCUT2D eigenvalue weighted by Gasteiger charge is 2.25. The minimum Gasteiger partial charge on any atom is -0.481 e. The van der Waals surface area contributed by atoms with E-state index in [9.17, 15) is 9.90 Å². The lowest BCUT2D eigenvalue weighted by molar-refractivity contribution is -0.139. The van der Waals surface area contributed by atoms with Crippen LogP contribution in [0.5, 0.6) is 0 Å². The van der Waals surface area contributed by atoms with Crippen molar-refractivity contribution in [3.05, 3.63) is 34.9 Å². The van der Waals surface area contributed by atoms with Crippen LogP contribution >= 0.6 is 0 Å². The first-order valence-corrected chi connectivity index (χ1v) is 5.24. The molecular weight excluding hydrogens is 188 g/mol. The first-order chi connectivity index (χ1) is 6.95. The van der Waals surface area contributed by atoms with E-state index in [1.807, 2.05) is 45.9 Å². The minimum atomic E-state index is -0.737. The highest BCUT2D eigenvalue weighted by molar-refractivity contribution is 5.77. The maximum Gasteiger partial charge on any atom is 0.311 e. The van der Waals surface area contributed by atoms with Crippen molar-refractivity contribution in [2.75, 3.05) is 0 Å². The van der Waals surface area contributed by atoms with E-state index in [0.717, 1.165) is 16.7 Å². The maximum absolute atomic E-state index is 11.2. The fourth-order valence-electron chi connectivity index (χ4n) is 1.89. The van der Waals surface area contributed by atoms with Gasteiger partial charge in [-0.05, 0) is 36.5 Å². The lowest BCUT2D eigenvalue weighted by atomic mass is 9.85. The van der Waals surface area contributed by atoms with Gasteiger partial charge in [-0.25, -0.2) is 0 Å². The van der Waals surface area contributed by atoms with E-state index in [1.54, 1.807) is 0 Å². The average molecular weight is 206 g/mol. The molecule has 82 valence electrons. The summed E-state index contributed by atoms with van der Waals surface area (Å²) in [5.74, 6) is -1.02. The molecule has 0 radical (unpaired) electrons. The standard InChI is InChI=1S/C13H18O2/c1-8(2)12(13(14)15)11-7-5-6-9(3)10(11)4/h5-8,12H,1-4H3,(H,14,15). The molecule has 1 aromatic rings. The molecule has 15 heavy (non-hydrogen) atoms. The first kappa shape index (κ1) is 11.8. The second-order valence-corrected chi connectivity index (χ2v) is 4.35. The molecule has 0 saturated carbocycles. The fourth-order valence-corrected chi connectivity index (χ4v) is 1.89. The molecule has 0 aliphatic heterocycles. The molecule has 1 unspecified atom stereocenters. The Morgan fingerprint density at radius 2 is 1.87 bits per heavy atom. The molecular formula is C13H18O2. The summed E-state index contributed by atoms with van der Waals surface area (Å²) in [6.45, 7) is 7.89. The van der Waals surface area contributed by atoms with Gasteiger partial charge >= 0.3 is 5.97 Å². The van der Waals surface area contributed by atoms with Crippen molar-refractivity contribution in [1.82, 2.24) is 0 Å². The van der Waals surface area contributed by atoms with Gasteiger partial charge in [0.25, 0.3) is 0 Å². The van der Waals surface area contributed by atoms with Crippen molar-refractivity contribution < 1.29 is 9.90 Å². The average Bonchev–Trinajstić information content (AvgIpc) is 2.11. The number of rotatable bonds is 3. The van der Waals surface area contributed by atoms with Crippen molar-refractivity contribution in [3.63, 3.8) is 0 Å². The molecule has 1 N–H and O–H groups in total. The monoisotopic (exact) mass is 206 g/mol.